The molecular formula is C18H17ClF3N3O3. The van der Waals surface area contributed by atoms with Crippen molar-refractivity contribution < 1.29 is 22.9 Å². The van der Waals surface area contributed by atoms with Crippen molar-refractivity contribution in [1.29, 1.82) is 0 Å². The molecule has 0 aliphatic rings. The predicted octanol–water partition coefficient (Wildman–Crippen LogP) is 4.94. The summed E-state index contributed by atoms with van der Waals surface area (Å²) in [5.74, 6) is -0.715. The number of benzene rings is 2. The first kappa shape index (κ1) is 21.6. The second kappa shape index (κ2) is 8.57. The van der Waals surface area contributed by atoms with Crippen LogP contribution >= 0.6 is 11.6 Å². The third-order valence-electron chi connectivity index (χ3n) is 4.02. The van der Waals surface area contributed by atoms with E-state index < -0.39 is 40.0 Å². The van der Waals surface area contributed by atoms with Gasteiger partial charge >= 0.3 is 6.18 Å². The summed E-state index contributed by atoms with van der Waals surface area (Å²) in [5.41, 5.74) is -1.75. The van der Waals surface area contributed by atoms with Gasteiger partial charge in [0.2, 0.25) is 5.91 Å². The van der Waals surface area contributed by atoms with Crippen molar-refractivity contribution in [2.24, 2.45) is 0 Å². The lowest BCUT2D eigenvalue weighted by molar-refractivity contribution is -0.385. The van der Waals surface area contributed by atoms with Gasteiger partial charge in [-0.05, 0) is 37.6 Å². The van der Waals surface area contributed by atoms with E-state index in [-0.39, 0.29) is 6.04 Å². The number of hydrogen-bond acceptors (Lipinski definition) is 4. The Bertz CT molecular complexity index is 890. The molecule has 0 fully saturated rings. The number of nitrogens with zero attached hydrogens (tertiary/aromatic N) is 1. The number of hydrogen-bond donors (Lipinski definition) is 2. The molecule has 0 aromatic heterocycles. The molecule has 0 radical (unpaired) electrons. The highest BCUT2D eigenvalue weighted by atomic mass is 35.5. The summed E-state index contributed by atoms with van der Waals surface area (Å²) >= 11 is 5.93. The first-order valence-corrected chi connectivity index (χ1v) is 8.55. The van der Waals surface area contributed by atoms with Crippen molar-refractivity contribution in [3.63, 3.8) is 0 Å². The molecule has 150 valence electrons. The number of nitrogens with one attached hydrogen (secondary N) is 2. The maximum Gasteiger partial charge on any atom is 0.418 e. The molecule has 0 saturated carbocycles. The number of amides is 1. The van der Waals surface area contributed by atoms with Crippen molar-refractivity contribution >= 4 is 28.9 Å². The first-order valence-electron chi connectivity index (χ1n) is 8.17. The van der Waals surface area contributed by atoms with Gasteiger partial charge < -0.3 is 5.32 Å². The quantitative estimate of drug-likeness (QED) is 0.516. The van der Waals surface area contributed by atoms with E-state index in [9.17, 15) is 28.1 Å². The van der Waals surface area contributed by atoms with E-state index in [1.54, 1.807) is 31.2 Å². The smallest absolute Gasteiger partial charge is 0.324 e. The molecule has 2 N–H and O–H groups in total. The van der Waals surface area contributed by atoms with E-state index in [0.717, 1.165) is 17.7 Å². The zero-order valence-corrected chi connectivity index (χ0v) is 15.6. The summed E-state index contributed by atoms with van der Waals surface area (Å²) in [6.07, 6.45) is -4.86. The number of halogens is 4. The Morgan fingerprint density at radius 1 is 1.18 bits per heavy atom. The number of carbonyl (C=O) groups excluding carboxylic acids is 1. The van der Waals surface area contributed by atoms with E-state index in [0.29, 0.717) is 11.1 Å². The molecule has 2 aromatic rings. The van der Waals surface area contributed by atoms with Crippen LogP contribution in [0.4, 0.5) is 24.5 Å². The molecule has 0 spiro atoms. The molecular weight excluding hydrogens is 399 g/mol. The van der Waals surface area contributed by atoms with Crippen molar-refractivity contribution in [2.45, 2.75) is 32.1 Å². The van der Waals surface area contributed by atoms with Crippen LogP contribution in [0.3, 0.4) is 0 Å². The molecule has 10 heteroatoms. The third-order valence-corrected chi connectivity index (χ3v) is 4.25. The highest BCUT2D eigenvalue weighted by Crippen LogP contribution is 2.37. The Morgan fingerprint density at radius 2 is 1.86 bits per heavy atom. The average molecular weight is 416 g/mol. The van der Waals surface area contributed by atoms with Gasteiger partial charge in [-0.25, -0.2) is 0 Å². The van der Waals surface area contributed by atoms with Gasteiger partial charge in [-0.1, -0.05) is 23.7 Å². The molecule has 1 amide bonds. The van der Waals surface area contributed by atoms with E-state index in [1.807, 2.05) is 0 Å². The Balaban J connectivity index is 2.16. The summed E-state index contributed by atoms with van der Waals surface area (Å²) in [6, 6.07) is 7.97. The molecule has 0 unspecified atom stereocenters. The van der Waals surface area contributed by atoms with E-state index in [4.69, 9.17) is 11.6 Å². The molecule has 2 rings (SSSR count). The maximum atomic E-state index is 13.2. The second-order valence-corrected chi connectivity index (χ2v) is 6.58. The predicted molar refractivity (Wildman–Crippen MR) is 99.2 cm³/mol. The SMILES string of the molecule is C[C@H](N[C@H](C)C(=O)Nc1ccc([N+](=O)[O-])cc1C(F)(F)F)c1cccc(Cl)c1. The number of rotatable bonds is 6. The molecule has 6 nitrogen and oxygen atoms in total. The number of carbonyl (C=O) groups is 1. The molecule has 28 heavy (non-hydrogen) atoms. The molecule has 2 atom stereocenters. The third kappa shape index (κ3) is 5.43. The van der Waals surface area contributed by atoms with Gasteiger partial charge in [-0.3, -0.25) is 20.2 Å². The monoisotopic (exact) mass is 415 g/mol. The highest BCUT2D eigenvalue weighted by molar-refractivity contribution is 6.30. The Hall–Kier alpha value is -2.65. The van der Waals surface area contributed by atoms with Crippen LogP contribution in [0.25, 0.3) is 0 Å². The minimum atomic E-state index is -4.86. The van der Waals surface area contributed by atoms with E-state index in [1.165, 1.54) is 6.92 Å². The standard InChI is InChI=1S/C18H17ClF3N3O3/c1-10(12-4-3-5-13(19)8-12)23-11(2)17(26)24-16-7-6-14(25(27)28)9-15(16)18(20,21)22/h3-11,23H,1-2H3,(H,24,26)/t10-,11+/m0/s1. The minimum Gasteiger partial charge on any atom is -0.324 e. The number of anilines is 1. The minimum absolute atomic E-state index is 0.293. The summed E-state index contributed by atoms with van der Waals surface area (Å²) in [4.78, 5) is 22.1. The Kier molecular flexibility index (Phi) is 6.63. The van der Waals surface area contributed by atoms with Gasteiger partial charge in [-0.15, -0.1) is 0 Å². The van der Waals surface area contributed by atoms with Gasteiger partial charge in [0.25, 0.3) is 5.69 Å². The van der Waals surface area contributed by atoms with Gasteiger partial charge in [0.05, 0.1) is 22.2 Å². The van der Waals surface area contributed by atoms with Crippen molar-refractivity contribution in [1.82, 2.24) is 5.32 Å². The fraction of sp³-hybridized carbons (Fsp3) is 0.278. The molecule has 0 aliphatic carbocycles. The summed E-state index contributed by atoms with van der Waals surface area (Å²) in [6.45, 7) is 3.28. The summed E-state index contributed by atoms with van der Waals surface area (Å²) < 4.78 is 39.6. The first-order chi connectivity index (χ1) is 13.0. The zero-order valence-electron chi connectivity index (χ0n) is 14.9. The number of nitro groups is 1. The van der Waals surface area contributed by atoms with Gasteiger partial charge in [0.15, 0.2) is 0 Å². The van der Waals surface area contributed by atoms with E-state index >= 15 is 0 Å². The van der Waals surface area contributed by atoms with Gasteiger partial charge in [0.1, 0.15) is 0 Å². The van der Waals surface area contributed by atoms with Crippen LogP contribution in [0.2, 0.25) is 5.02 Å². The lowest BCUT2D eigenvalue weighted by atomic mass is 10.1. The lowest BCUT2D eigenvalue weighted by Crippen LogP contribution is -2.39. The molecule has 2 aromatic carbocycles. The Labute approximate surface area is 163 Å². The number of non-ortho nitro benzene ring substituents is 1. The summed E-state index contributed by atoms with van der Waals surface area (Å²) in [5, 5.41) is 16.4. The average Bonchev–Trinajstić information content (AvgIpc) is 2.60. The van der Waals surface area contributed by atoms with Gasteiger partial charge in [0, 0.05) is 23.2 Å². The van der Waals surface area contributed by atoms with Gasteiger partial charge in [-0.2, -0.15) is 13.2 Å². The van der Waals surface area contributed by atoms with Crippen molar-refractivity contribution in [2.75, 3.05) is 5.32 Å². The topological polar surface area (TPSA) is 84.3 Å². The van der Waals surface area contributed by atoms with Crippen molar-refractivity contribution in [3.8, 4) is 0 Å². The van der Waals surface area contributed by atoms with Crippen LogP contribution in [0.1, 0.15) is 31.0 Å². The van der Waals surface area contributed by atoms with Crippen LogP contribution in [-0.2, 0) is 11.0 Å². The highest BCUT2D eigenvalue weighted by Gasteiger charge is 2.36. The number of nitro benzene ring substituents is 1. The zero-order chi connectivity index (χ0) is 21.1. The molecule has 0 heterocycles. The van der Waals surface area contributed by atoms with Crippen LogP contribution < -0.4 is 10.6 Å². The second-order valence-electron chi connectivity index (χ2n) is 6.14. The van der Waals surface area contributed by atoms with Crippen LogP contribution in [0, 0.1) is 10.1 Å². The fourth-order valence-electron chi connectivity index (χ4n) is 2.55. The largest absolute Gasteiger partial charge is 0.418 e. The van der Waals surface area contributed by atoms with Crippen LogP contribution in [-0.4, -0.2) is 16.9 Å². The molecule has 0 bridgehead atoms. The maximum absolute atomic E-state index is 13.2. The normalized spacial score (nSPS) is 13.6. The Morgan fingerprint density at radius 3 is 2.43 bits per heavy atom. The summed E-state index contributed by atoms with van der Waals surface area (Å²) in [7, 11) is 0. The fourth-order valence-corrected chi connectivity index (χ4v) is 2.75. The van der Waals surface area contributed by atoms with Crippen LogP contribution in [0.5, 0.6) is 0 Å². The molecule has 0 aliphatic heterocycles. The van der Waals surface area contributed by atoms with E-state index in [2.05, 4.69) is 10.6 Å². The lowest BCUT2D eigenvalue weighted by Gasteiger charge is -2.21. The molecule has 0 saturated heterocycles. The number of alkyl halides is 3. The van der Waals surface area contributed by atoms with Crippen molar-refractivity contribution in [3.05, 3.63) is 68.7 Å². The van der Waals surface area contributed by atoms with Crippen LogP contribution in [0.15, 0.2) is 42.5 Å².